The molecule has 110 valence electrons. The number of nitrogens with one attached hydrogen (secondary N) is 1. The number of ketones is 1. The van der Waals surface area contributed by atoms with E-state index in [2.05, 4.69) is 5.32 Å². The molecule has 0 aromatic heterocycles. The molecule has 0 radical (unpaired) electrons. The van der Waals surface area contributed by atoms with Gasteiger partial charge >= 0.3 is 0 Å². The molecule has 1 rings (SSSR count). The summed E-state index contributed by atoms with van der Waals surface area (Å²) in [6.45, 7) is 9.44. The number of rotatable bonds is 5. The van der Waals surface area contributed by atoms with Gasteiger partial charge in [0.2, 0.25) is 5.91 Å². The molecule has 1 N–H and O–H groups in total. The van der Waals surface area contributed by atoms with Gasteiger partial charge in [0.05, 0.1) is 6.04 Å². The van der Waals surface area contributed by atoms with Crippen LogP contribution in [0.1, 0.15) is 45.2 Å². The van der Waals surface area contributed by atoms with Gasteiger partial charge in [0.25, 0.3) is 0 Å². The van der Waals surface area contributed by atoms with Crippen molar-refractivity contribution in [1.29, 1.82) is 0 Å². The molecule has 1 aromatic rings. The maximum absolute atomic E-state index is 12.0. The Morgan fingerprint density at radius 2 is 1.70 bits per heavy atom. The van der Waals surface area contributed by atoms with E-state index >= 15 is 0 Å². The molecule has 1 amide bonds. The molecule has 0 heterocycles. The molecule has 0 aliphatic rings. The summed E-state index contributed by atoms with van der Waals surface area (Å²) < 4.78 is 0. The summed E-state index contributed by atoms with van der Waals surface area (Å²) in [7, 11) is 0. The predicted molar refractivity (Wildman–Crippen MR) is 81.6 cm³/mol. The van der Waals surface area contributed by atoms with Gasteiger partial charge in [0.1, 0.15) is 0 Å². The second-order valence-electron chi connectivity index (χ2n) is 6.46. The summed E-state index contributed by atoms with van der Waals surface area (Å²) in [6.07, 6.45) is 1.10. The first-order valence-electron chi connectivity index (χ1n) is 7.05. The third-order valence-corrected chi connectivity index (χ3v) is 3.34. The Balaban J connectivity index is 2.54. The number of carbonyl (C=O) groups is 2. The van der Waals surface area contributed by atoms with Gasteiger partial charge in [-0.25, -0.2) is 0 Å². The molecule has 0 saturated carbocycles. The molecule has 1 aromatic carbocycles. The van der Waals surface area contributed by atoms with Crippen molar-refractivity contribution in [2.24, 2.45) is 5.41 Å². The highest BCUT2D eigenvalue weighted by atomic mass is 16.2. The molecule has 0 bridgehead atoms. The Labute approximate surface area is 121 Å². The summed E-state index contributed by atoms with van der Waals surface area (Å²) in [4.78, 5) is 23.6. The first-order chi connectivity index (χ1) is 9.20. The smallest absolute Gasteiger partial charge is 0.220 e. The van der Waals surface area contributed by atoms with Crippen LogP contribution in [0.15, 0.2) is 24.3 Å². The van der Waals surface area contributed by atoms with E-state index in [1.807, 2.05) is 52.0 Å². The Morgan fingerprint density at radius 3 is 2.15 bits per heavy atom. The second kappa shape index (κ2) is 6.69. The van der Waals surface area contributed by atoms with E-state index in [0.717, 1.165) is 5.56 Å². The van der Waals surface area contributed by atoms with E-state index in [4.69, 9.17) is 0 Å². The molecule has 0 spiro atoms. The van der Waals surface area contributed by atoms with Crippen LogP contribution >= 0.6 is 0 Å². The topological polar surface area (TPSA) is 46.2 Å². The van der Waals surface area contributed by atoms with Crippen LogP contribution in [0.25, 0.3) is 0 Å². The SMILES string of the molecule is CC(=O)C(NC(=O)CCc1ccc(C)cc1)C(C)(C)C. The zero-order valence-electron chi connectivity index (χ0n) is 13.1. The Morgan fingerprint density at radius 1 is 1.15 bits per heavy atom. The maximum atomic E-state index is 12.0. The van der Waals surface area contributed by atoms with Gasteiger partial charge in [-0.3, -0.25) is 9.59 Å². The Hall–Kier alpha value is -1.64. The Bertz CT molecular complexity index is 469. The highest BCUT2D eigenvalue weighted by molar-refractivity contribution is 5.88. The van der Waals surface area contributed by atoms with E-state index < -0.39 is 6.04 Å². The van der Waals surface area contributed by atoms with Gasteiger partial charge in [-0.05, 0) is 31.2 Å². The number of carbonyl (C=O) groups excluding carboxylic acids is 2. The minimum absolute atomic E-state index is 0.00110. The number of benzene rings is 1. The van der Waals surface area contributed by atoms with Gasteiger partial charge in [-0.15, -0.1) is 0 Å². The first kappa shape index (κ1) is 16.4. The van der Waals surface area contributed by atoms with Crippen molar-refractivity contribution in [3.8, 4) is 0 Å². The molecule has 0 aliphatic heterocycles. The molecule has 1 atom stereocenters. The molecule has 1 unspecified atom stereocenters. The van der Waals surface area contributed by atoms with Crippen LogP contribution in [0.3, 0.4) is 0 Å². The molecule has 3 nitrogen and oxygen atoms in total. The summed E-state index contributed by atoms with van der Waals surface area (Å²) in [5, 5.41) is 2.85. The van der Waals surface area contributed by atoms with Gasteiger partial charge in [-0.1, -0.05) is 50.6 Å². The van der Waals surface area contributed by atoms with E-state index in [1.165, 1.54) is 12.5 Å². The van der Waals surface area contributed by atoms with Crippen LogP contribution in [-0.4, -0.2) is 17.7 Å². The van der Waals surface area contributed by atoms with Crippen LogP contribution < -0.4 is 5.32 Å². The van der Waals surface area contributed by atoms with Gasteiger partial charge in [0.15, 0.2) is 5.78 Å². The minimum atomic E-state index is -0.423. The van der Waals surface area contributed by atoms with E-state index in [0.29, 0.717) is 12.8 Å². The lowest BCUT2D eigenvalue weighted by Crippen LogP contribution is -2.48. The zero-order chi connectivity index (χ0) is 15.3. The fraction of sp³-hybridized carbons (Fsp3) is 0.529. The number of hydrogen-bond acceptors (Lipinski definition) is 2. The standard InChI is InChI=1S/C17H25NO2/c1-12-6-8-14(9-7-12)10-11-15(20)18-16(13(2)19)17(3,4)5/h6-9,16H,10-11H2,1-5H3,(H,18,20). The number of Topliss-reactive ketones (excluding diaryl/α,β-unsaturated/α-hetero) is 1. The summed E-state index contributed by atoms with van der Waals surface area (Å²) in [5.74, 6) is -0.0677. The van der Waals surface area contributed by atoms with Crippen LogP contribution in [0.4, 0.5) is 0 Å². The fourth-order valence-electron chi connectivity index (χ4n) is 2.17. The molecule has 3 heteroatoms. The van der Waals surface area contributed by atoms with Crippen molar-refractivity contribution in [2.45, 2.75) is 53.5 Å². The number of hydrogen-bond donors (Lipinski definition) is 1. The highest BCUT2D eigenvalue weighted by Gasteiger charge is 2.29. The molecule has 0 aliphatic carbocycles. The molecule has 20 heavy (non-hydrogen) atoms. The average molecular weight is 275 g/mol. The second-order valence-corrected chi connectivity index (χ2v) is 6.46. The monoisotopic (exact) mass is 275 g/mol. The normalized spacial score (nSPS) is 12.8. The maximum Gasteiger partial charge on any atom is 0.220 e. The summed E-state index contributed by atoms with van der Waals surface area (Å²) in [5.41, 5.74) is 2.09. The number of amides is 1. The Kier molecular flexibility index (Phi) is 5.49. The van der Waals surface area contributed by atoms with Gasteiger partial charge < -0.3 is 5.32 Å². The van der Waals surface area contributed by atoms with Crippen LogP contribution in [-0.2, 0) is 16.0 Å². The predicted octanol–water partition coefficient (Wildman–Crippen LogP) is 3.05. The highest BCUT2D eigenvalue weighted by Crippen LogP contribution is 2.20. The molecule has 0 fully saturated rings. The van der Waals surface area contributed by atoms with E-state index in [-0.39, 0.29) is 17.1 Å². The molecular weight excluding hydrogens is 250 g/mol. The zero-order valence-corrected chi connectivity index (χ0v) is 13.1. The van der Waals surface area contributed by atoms with E-state index in [9.17, 15) is 9.59 Å². The first-order valence-corrected chi connectivity index (χ1v) is 7.05. The summed E-state index contributed by atoms with van der Waals surface area (Å²) >= 11 is 0. The van der Waals surface area contributed by atoms with Crippen molar-refractivity contribution < 1.29 is 9.59 Å². The van der Waals surface area contributed by atoms with Crippen molar-refractivity contribution >= 4 is 11.7 Å². The van der Waals surface area contributed by atoms with Crippen molar-refractivity contribution in [3.05, 3.63) is 35.4 Å². The largest absolute Gasteiger partial charge is 0.346 e. The number of aryl methyl sites for hydroxylation is 2. The quantitative estimate of drug-likeness (QED) is 0.897. The molecular formula is C17H25NO2. The van der Waals surface area contributed by atoms with Crippen LogP contribution in [0, 0.1) is 12.3 Å². The average Bonchev–Trinajstić information content (AvgIpc) is 2.33. The summed E-state index contributed by atoms with van der Waals surface area (Å²) in [6, 6.07) is 7.73. The van der Waals surface area contributed by atoms with Crippen molar-refractivity contribution in [1.82, 2.24) is 5.32 Å². The van der Waals surface area contributed by atoms with Crippen LogP contribution in [0.2, 0.25) is 0 Å². The van der Waals surface area contributed by atoms with Crippen molar-refractivity contribution in [3.63, 3.8) is 0 Å². The third kappa shape index (κ3) is 5.16. The van der Waals surface area contributed by atoms with Gasteiger partial charge in [0, 0.05) is 6.42 Å². The fourth-order valence-corrected chi connectivity index (χ4v) is 2.17. The lowest BCUT2D eigenvalue weighted by atomic mass is 9.84. The third-order valence-electron chi connectivity index (χ3n) is 3.34. The minimum Gasteiger partial charge on any atom is -0.346 e. The van der Waals surface area contributed by atoms with Gasteiger partial charge in [-0.2, -0.15) is 0 Å². The lowest BCUT2D eigenvalue weighted by molar-refractivity contribution is -0.129. The molecule has 0 saturated heterocycles. The van der Waals surface area contributed by atoms with Crippen LogP contribution in [0.5, 0.6) is 0 Å². The van der Waals surface area contributed by atoms with Crippen molar-refractivity contribution in [2.75, 3.05) is 0 Å². The van der Waals surface area contributed by atoms with E-state index in [1.54, 1.807) is 0 Å². The lowest BCUT2D eigenvalue weighted by Gasteiger charge is -2.29.